The highest BCUT2D eigenvalue weighted by Crippen LogP contribution is 2.26. The van der Waals surface area contributed by atoms with Crippen molar-refractivity contribution in [1.29, 1.82) is 0 Å². The van der Waals surface area contributed by atoms with Crippen LogP contribution in [-0.2, 0) is 4.79 Å². The molecule has 0 heterocycles. The van der Waals surface area contributed by atoms with Crippen molar-refractivity contribution in [2.24, 2.45) is 0 Å². The van der Waals surface area contributed by atoms with Gasteiger partial charge in [-0.25, -0.2) is 0 Å². The van der Waals surface area contributed by atoms with Gasteiger partial charge < -0.3 is 20.6 Å². The van der Waals surface area contributed by atoms with Gasteiger partial charge in [-0.2, -0.15) is 0 Å². The Bertz CT molecular complexity index is 515. The van der Waals surface area contributed by atoms with Crippen molar-refractivity contribution in [1.82, 2.24) is 5.32 Å². The molecule has 21 heavy (non-hydrogen) atoms. The summed E-state index contributed by atoms with van der Waals surface area (Å²) >= 11 is 0. The number of hydrogen-bond acceptors (Lipinski definition) is 5. The molecule has 0 fully saturated rings. The van der Waals surface area contributed by atoms with Gasteiger partial charge in [0, 0.05) is 19.9 Å². The van der Waals surface area contributed by atoms with Crippen LogP contribution in [0.15, 0.2) is 18.2 Å². The number of benzene rings is 1. The number of phenols is 1. The van der Waals surface area contributed by atoms with Crippen molar-refractivity contribution in [2.45, 2.75) is 38.9 Å². The summed E-state index contributed by atoms with van der Waals surface area (Å²) in [4.78, 5) is 22.4. The third-order valence-corrected chi connectivity index (χ3v) is 3.16. The minimum Gasteiger partial charge on any atom is -0.507 e. The smallest absolute Gasteiger partial charge is 0.216 e. The second kappa shape index (κ2) is 7.75. The van der Waals surface area contributed by atoms with Crippen LogP contribution in [0.1, 0.15) is 48.7 Å². The Morgan fingerprint density at radius 1 is 1.29 bits per heavy atom. The highest BCUT2D eigenvalue weighted by molar-refractivity contribution is 5.98. The molecule has 0 spiro atoms. The number of rotatable bonds is 7. The Hall–Kier alpha value is -1.92. The lowest BCUT2D eigenvalue weighted by atomic mass is 9.97. The summed E-state index contributed by atoms with van der Waals surface area (Å²) in [5.74, 6) is -0.600. The van der Waals surface area contributed by atoms with E-state index in [1.165, 1.54) is 25.1 Å². The number of Topliss-reactive ketones (excluding diaryl/α,β-unsaturated/α-hetero) is 1. The molecule has 2 unspecified atom stereocenters. The Labute approximate surface area is 123 Å². The maximum atomic E-state index is 11.7. The zero-order valence-electron chi connectivity index (χ0n) is 12.2. The highest BCUT2D eigenvalue weighted by Gasteiger charge is 2.20. The van der Waals surface area contributed by atoms with Gasteiger partial charge in [-0.05, 0) is 24.1 Å². The quantitative estimate of drug-likeness (QED) is 0.559. The molecule has 0 aliphatic heterocycles. The number of carbonyl (C=O) groups is 2. The van der Waals surface area contributed by atoms with Crippen molar-refractivity contribution >= 4 is 11.7 Å². The van der Waals surface area contributed by atoms with Gasteiger partial charge in [0.1, 0.15) is 11.9 Å². The lowest BCUT2D eigenvalue weighted by Gasteiger charge is -2.19. The van der Waals surface area contributed by atoms with Gasteiger partial charge in [-0.15, -0.1) is 0 Å². The van der Waals surface area contributed by atoms with Crippen LogP contribution in [0.25, 0.3) is 0 Å². The predicted octanol–water partition coefficient (Wildman–Crippen LogP) is 0.905. The first-order valence-corrected chi connectivity index (χ1v) is 6.83. The summed E-state index contributed by atoms with van der Waals surface area (Å²) in [6.45, 7) is 3.28. The lowest BCUT2D eigenvalue weighted by molar-refractivity contribution is -0.119. The molecule has 0 bridgehead atoms. The summed E-state index contributed by atoms with van der Waals surface area (Å²) in [7, 11) is 0. The normalized spacial score (nSPS) is 13.5. The van der Waals surface area contributed by atoms with Crippen LogP contribution in [0.4, 0.5) is 0 Å². The summed E-state index contributed by atoms with van der Waals surface area (Å²) in [6.07, 6.45) is -1.86. The number of aliphatic hydroxyl groups excluding tert-OH is 2. The number of aliphatic hydroxyl groups is 2. The van der Waals surface area contributed by atoms with E-state index in [0.29, 0.717) is 5.56 Å². The van der Waals surface area contributed by atoms with Gasteiger partial charge in [0.15, 0.2) is 5.78 Å². The molecule has 1 aromatic rings. The fourth-order valence-corrected chi connectivity index (χ4v) is 1.93. The Kier molecular flexibility index (Phi) is 6.33. The van der Waals surface area contributed by atoms with Crippen molar-refractivity contribution in [3.05, 3.63) is 29.3 Å². The highest BCUT2D eigenvalue weighted by atomic mass is 16.3. The van der Waals surface area contributed by atoms with Crippen molar-refractivity contribution in [3.8, 4) is 5.75 Å². The Morgan fingerprint density at radius 3 is 2.52 bits per heavy atom. The van der Waals surface area contributed by atoms with Crippen LogP contribution < -0.4 is 5.32 Å². The summed E-state index contributed by atoms with van der Waals surface area (Å²) < 4.78 is 0. The monoisotopic (exact) mass is 295 g/mol. The number of aromatic hydroxyl groups is 1. The molecule has 1 amide bonds. The van der Waals surface area contributed by atoms with E-state index >= 15 is 0 Å². The minimum atomic E-state index is -1.19. The molecule has 2 atom stereocenters. The van der Waals surface area contributed by atoms with Crippen LogP contribution in [0.2, 0.25) is 0 Å². The average molecular weight is 295 g/mol. The van der Waals surface area contributed by atoms with Crippen LogP contribution in [0.5, 0.6) is 5.75 Å². The molecular weight excluding hydrogens is 274 g/mol. The third kappa shape index (κ3) is 4.84. The minimum absolute atomic E-state index is 0.128. The van der Waals surface area contributed by atoms with E-state index in [0.717, 1.165) is 0 Å². The second-order valence-corrected chi connectivity index (χ2v) is 4.84. The van der Waals surface area contributed by atoms with Gasteiger partial charge in [0.25, 0.3) is 0 Å². The van der Waals surface area contributed by atoms with Gasteiger partial charge in [-0.3, -0.25) is 9.59 Å². The third-order valence-electron chi connectivity index (χ3n) is 3.16. The molecule has 0 saturated heterocycles. The number of nitrogens with one attached hydrogen (secondary N) is 1. The first-order chi connectivity index (χ1) is 9.86. The van der Waals surface area contributed by atoms with E-state index in [2.05, 4.69) is 5.32 Å². The molecule has 0 aromatic heterocycles. The molecular formula is C15H21NO5. The average Bonchev–Trinajstić information content (AvgIpc) is 2.45. The zero-order chi connectivity index (χ0) is 16.0. The van der Waals surface area contributed by atoms with Crippen molar-refractivity contribution in [3.63, 3.8) is 0 Å². The number of amides is 1. The molecule has 1 rings (SSSR count). The van der Waals surface area contributed by atoms with E-state index in [-0.39, 0.29) is 42.4 Å². The van der Waals surface area contributed by atoms with Gasteiger partial charge >= 0.3 is 0 Å². The van der Waals surface area contributed by atoms with E-state index < -0.39 is 12.2 Å². The standard InChI is InChI=1S/C15H21NO5/c1-3-12(18)11-8-10(4-5-13(11)19)15(21)14(20)6-7-16-9(2)17/h4-5,8,14-15,19-21H,3,6-7H2,1-2H3,(H,16,17). The van der Waals surface area contributed by atoms with Crippen LogP contribution >= 0.6 is 0 Å². The summed E-state index contributed by atoms with van der Waals surface area (Å²) in [5, 5.41) is 32.1. The van der Waals surface area contributed by atoms with Crippen LogP contribution in [0, 0.1) is 0 Å². The summed E-state index contributed by atoms with van der Waals surface area (Å²) in [5.41, 5.74) is 0.475. The fourth-order valence-electron chi connectivity index (χ4n) is 1.93. The first-order valence-electron chi connectivity index (χ1n) is 6.83. The number of phenolic OH excluding ortho intramolecular Hbond substituents is 1. The number of ketones is 1. The van der Waals surface area contributed by atoms with Crippen molar-refractivity contribution < 1.29 is 24.9 Å². The van der Waals surface area contributed by atoms with E-state index in [1.54, 1.807) is 6.92 Å². The van der Waals surface area contributed by atoms with Gasteiger partial charge in [0.2, 0.25) is 5.91 Å². The van der Waals surface area contributed by atoms with Gasteiger partial charge in [-0.1, -0.05) is 13.0 Å². The number of carbonyl (C=O) groups excluding carboxylic acids is 2. The first kappa shape index (κ1) is 17.1. The molecule has 0 saturated carbocycles. The lowest BCUT2D eigenvalue weighted by Crippen LogP contribution is -2.27. The Morgan fingerprint density at radius 2 is 1.95 bits per heavy atom. The van der Waals surface area contributed by atoms with Gasteiger partial charge in [0.05, 0.1) is 11.7 Å². The van der Waals surface area contributed by atoms with E-state index in [9.17, 15) is 24.9 Å². The van der Waals surface area contributed by atoms with Crippen LogP contribution in [-0.4, -0.2) is 39.7 Å². The van der Waals surface area contributed by atoms with Crippen molar-refractivity contribution in [2.75, 3.05) is 6.54 Å². The molecule has 0 aliphatic carbocycles. The predicted molar refractivity (Wildman–Crippen MR) is 77.0 cm³/mol. The fraction of sp³-hybridized carbons (Fsp3) is 0.467. The number of hydrogen-bond donors (Lipinski definition) is 4. The Balaban J connectivity index is 2.79. The summed E-state index contributed by atoms with van der Waals surface area (Å²) in [6, 6.07) is 4.16. The SMILES string of the molecule is CCC(=O)c1cc(C(O)C(O)CCNC(C)=O)ccc1O. The molecule has 4 N–H and O–H groups in total. The van der Waals surface area contributed by atoms with E-state index in [1.807, 2.05) is 0 Å². The maximum absolute atomic E-state index is 11.7. The molecule has 6 heteroatoms. The molecule has 0 aliphatic rings. The zero-order valence-corrected chi connectivity index (χ0v) is 12.2. The largest absolute Gasteiger partial charge is 0.507 e. The maximum Gasteiger partial charge on any atom is 0.216 e. The topological polar surface area (TPSA) is 107 Å². The molecule has 0 radical (unpaired) electrons. The second-order valence-electron chi connectivity index (χ2n) is 4.84. The molecule has 1 aromatic carbocycles. The van der Waals surface area contributed by atoms with E-state index in [4.69, 9.17) is 0 Å². The molecule has 116 valence electrons. The van der Waals surface area contributed by atoms with Crippen LogP contribution in [0.3, 0.4) is 0 Å². The molecule has 6 nitrogen and oxygen atoms in total.